The minimum absolute atomic E-state index is 0.0724. The highest BCUT2D eigenvalue weighted by Crippen LogP contribution is 2.35. The minimum atomic E-state index is -0.304. The van der Waals surface area contributed by atoms with Crippen molar-refractivity contribution in [2.75, 3.05) is 26.1 Å². The number of ether oxygens (including phenoxy) is 2. The number of ketones is 1. The lowest BCUT2D eigenvalue weighted by atomic mass is 10.2. The Hall–Kier alpha value is -2.24. The number of carbonyl (C=O) groups is 1. The van der Waals surface area contributed by atoms with Gasteiger partial charge in [0.05, 0.1) is 31.3 Å². The number of benzene rings is 1. The lowest BCUT2D eigenvalue weighted by molar-refractivity contribution is -0.119. The molecule has 6 heteroatoms. The van der Waals surface area contributed by atoms with Gasteiger partial charge < -0.3 is 14.8 Å². The second-order valence-corrected chi connectivity index (χ2v) is 4.82. The van der Waals surface area contributed by atoms with E-state index in [1.807, 2.05) is 30.5 Å². The summed E-state index contributed by atoms with van der Waals surface area (Å²) >= 11 is 0. The van der Waals surface area contributed by atoms with E-state index >= 15 is 0 Å². The Balaban J connectivity index is 2.72. The monoisotopic (exact) mass is 291 g/mol. The van der Waals surface area contributed by atoms with Crippen LogP contribution in [-0.2, 0) is 4.79 Å². The van der Waals surface area contributed by atoms with E-state index in [4.69, 9.17) is 9.47 Å². The molecule has 1 aromatic carbocycles. The first kappa shape index (κ1) is 15.2. The van der Waals surface area contributed by atoms with Crippen LogP contribution in [0.15, 0.2) is 12.1 Å². The summed E-state index contributed by atoms with van der Waals surface area (Å²) in [4.78, 5) is 16.3. The van der Waals surface area contributed by atoms with E-state index in [9.17, 15) is 4.79 Å². The predicted octanol–water partition coefficient (Wildman–Crippen LogP) is 2.64. The quantitative estimate of drug-likeness (QED) is 0.886. The molecule has 0 saturated carbocycles. The molecule has 0 amide bonds. The van der Waals surface area contributed by atoms with Gasteiger partial charge in [-0.1, -0.05) is 0 Å². The third-order valence-electron chi connectivity index (χ3n) is 3.51. The normalized spacial score (nSPS) is 12.2. The standard InChI is InChI=1S/C15H21N3O3/c1-6-16-15-17-11-7-13(20-4)14(21-5)8-12(11)18(15)9(2)10(3)19/h7-9H,6H2,1-5H3,(H,16,17). The Morgan fingerprint density at radius 2 is 1.95 bits per heavy atom. The summed E-state index contributed by atoms with van der Waals surface area (Å²) < 4.78 is 12.5. The molecule has 0 aliphatic carbocycles. The molecule has 114 valence electrons. The number of aromatic nitrogens is 2. The molecule has 0 saturated heterocycles. The molecule has 6 nitrogen and oxygen atoms in total. The molecule has 0 radical (unpaired) electrons. The van der Waals surface area contributed by atoms with Gasteiger partial charge >= 0.3 is 0 Å². The van der Waals surface area contributed by atoms with Crippen molar-refractivity contribution >= 4 is 22.8 Å². The van der Waals surface area contributed by atoms with Crippen molar-refractivity contribution in [3.05, 3.63) is 12.1 Å². The van der Waals surface area contributed by atoms with Gasteiger partial charge in [0.15, 0.2) is 17.3 Å². The van der Waals surface area contributed by atoms with Crippen molar-refractivity contribution in [1.82, 2.24) is 9.55 Å². The molecule has 2 aromatic rings. The summed E-state index contributed by atoms with van der Waals surface area (Å²) in [6.45, 7) is 6.15. The largest absolute Gasteiger partial charge is 0.493 e. The Labute approximate surface area is 124 Å². The lowest BCUT2D eigenvalue weighted by Gasteiger charge is -2.15. The zero-order chi connectivity index (χ0) is 15.6. The van der Waals surface area contributed by atoms with Crippen LogP contribution >= 0.6 is 0 Å². The summed E-state index contributed by atoms with van der Waals surface area (Å²) in [5.74, 6) is 1.98. The zero-order valence-electron chi connectivity index (χ0n) is 13.1. The fourth-order valence-electron chi connectivity index (χ4n) is 2.28. The lowest BCUT2D eigenvalue weighted by Crippen LogP contribution is -2.16. The van der Waals surface area contributed by atoms with Crippen LogP contribution in [0, 0.1) is 0 Å². The number of hydrogen-bond acceptors (Lipinski definition) is 5. The van der Waals surface area contributed by atoms with Gasteiger partial charge in [0.25, 0.3) is 0 Å². The molecular formula is C15H21N3O3. The van der Waals surface area contributed by atoms with E-state index in [1.54, 1.807) is 21.1 Å². The van der Waals surface area contributed by atoms with Crippen LogP contribution < -0.4 is 14.8 Å². The van der Waals surface area contributed by atoms with Crippen LogP contribution in [0.25, 0.3) is 11.0 Å². The maximum atomic E-state index is 11.8. The van der Waals surface area contributed by atoms with E-state index < -0.39 is 0 Å². The van der Waals surface area contributed by atoms with Gasteiger partial charge in [0.1, 0.15) is 0 Å². The van der Waals surface area contributed by atoms with Crippen molar-refractivity contribution in [2.24, 2.45) is 0 Å². The van der Waals surface area contributed by atoms with Gasteiger partial charge in [-0.15, -0.1) is 0 Å². The topological polar surface area (TPSA) is 65.4 Å². The third-order valence-corrected chi connectivity index (χ3v) is 3.51. The van der Waals surface area contributed by atoms with Gasteiger partial charge in [0.2, 0.25) is 5.95 Å². The number of fused-ring (bicyclic) bond motifs is 1. The highest BCUT2D eigenvalue weighted by Gasteiger charge is 2.20. The Bertz CT molecular complexity index is 664. The van der Waals surface area contributed by atoms with E-state index in [1.165, 1.54) is 0 Å². The first-order valence-corrected chi connectivity index (χ1v) is 6.91. The molecule has 1 aromatic heterocycles. The van der Waals surface area contributed by atoms with Gasteiger partial charge in [-0.3, -0.25) is 9.36 Å². The van der Waals surface area contributed by atoms with Gasteiger partial charge in [-0.05, 0) is 20.8 Å². The van der Waals surface area contributed by atoms with Gasteiger partial charge in [0, 0.05) is 18.7 Å². The van der Waals surface area contributed by atoms with Crippen LogP contribution in [0.1, 0.15) is 26.8 Å². The molecule has 0 aliphatic heterocycles. The molecule has 21 heavy (non-hydrogen) atoms. The number of nitrogens with one attached hydrogen (secondary N) is 1. The highest BCUT2D eigenvalue weighted by atomic mass is 16.5. The average molecular weight is 291 g/mol. The number of methoxy groups -OCH3 is 2. The smallest absolute Gasteiger partial charge is 0.204 e. The molecule has 1 N–H and O–H groups in total. The number of anilines is 1. The van der Waals surface area contributed by atoms with Crippen molar-refractivity contribution < 1.29 is 14.3 Å². The second-order valence-electron chi connectivity index (χ2n) is 4.82. The van der Waals surface area contributed by atoms with Crippen LogP contribution in [0.2, 0.25) is 0 Å². The SMILES string of the molecule is CCNc1nc2cc(OC)c(OC)cc2n1C(C)C(C)=O. The fraction of sp³-hybridized carbons (Fsp3) is 0.467. The molecule has 1 atom stereocenters. The number of imidazole rings is 1. The summed E-state index contributed by atoms with van der Waals surface area (Å²) in [5, 5.41) is 3.19. The maximum Gasteiger partial charge on any atom is 0.204 e. The van der Waals surface area contributed by atoms with Gasteiger partial charge in [-0.2, -0.15) is 0 Å². The Morgan fingerprint density at radius 3 is 2.48 bits per heavy atom. The van der Waals surface area contributed by atoms with Crippen molar-refractivity contribution in [2.45, 2.75) is 26.8 Å². The number of Topliss-reactive ketones (excluding diaryl/α,β-unsaturated/α-hetero) is 1. The molecule has 0 bridgehead atoms. The third kappa shape index (κ3) is 2.66. The van der Waals surface area contributed by atoms with E-state index in [0.29, 0.717) is 17.4 Å². The summed E-state index contributed by atoms with van der Waals surface area (Å²) in [6, 6.07) is 3.36. The molecule has 1 heterocycles. The van der Waals surface area contributed by atoms with Crippen LogP contribution in [0.3, 0.4) is 0 Å². The molecule has 0 aliphatic rings. The van der Waals surface area contributed by atoms with E-state index in [-0.39, 0.29) is 11.8 Å². The molecule has 1 unspecified atom stereocenters. The fourth-order valence-corrected chi connectivity index (χ4v) is 2.28. The number of rotatable bonds is 6. The first-order valence-electron chi connectivity index (χ1n) is 6.91. The average Bonchev–Trinajstić information content (AvgIpc) is 2.81. The molecular weight excluding hydrogens is 270 g/mol. The predicted molar refractivity (Wildman–Crippen MR) is 82.4 cm³/mol. The van der Waals surface area contributed by atoms with Crippen LogP contribution in [0.5, 0.6) is 11.5 Å². The number of carbonyl (C=O) groups excluding carboxylic acids is 1. The van der Waals surface area contributed by atoms with Crippen molar-refractivity contribution in [3.8, 4) is 11.5 Å². The van der Waals surface area contributed by atoms with Crippen LogP contribution in [0.4, 0.5) is 5.95 Å². The number of nitrogens with zero attached hydrogens (tertiary/aromatic N) is 2. The minimum Gasteiger partial charge on any atom is -0.493 e. The van der Waals surface area contributed by atoms with Crippen molar-refractivity contribution in [3.63, 3.8) is 0 Å². The number of hydrogen-bond donors (Lipinski definition) is 1. The zero-order valence-corrected chi connectivity index (χ0v) is 13.1. The van der Waals surface area contributed by atoms with Crippen molar-refractivity contribution in [1.29, 1.82) is 0 Å². The summed E-state index contributed by atoms with van der Waals surface area (Å²) in [7, 11) is 3.17. The van der Waals surface area contributed by atoms with Gasteiger partial charge in [-0.25, -0.2) is 4.98 Å². The first-order chi connectivity index (χ1) is 10.0. The maximum absolute atomic E-state index is 11.8. The summed E-state index contributed by atoms with van der Waals surface area (Å²) in [5.41, 5.74) is 1.60. The molecule has 0 fully saturated rings. The highest BCUT2D eigenvalue weighted by molar-refractivity contribution is 5.87. The van der Waals surface area contributed by atoms with E-state index in [2.05, 4.69) is 10.3 Å². The Kier molecular flexibility index (Phi) is 4.35. The summed E-state index contributed by atoms with van der Waals surface area (Å²) in [6.07, 6.45) is 0. The van der Waals surface area contributed by atoms with E-state index in [0.717, 1.165) is 17.6 Å². The molecule has 0 spiro atoms. The Morgan fingerprint density at radius 1 is 1.33 bits per heavy atom. The van der Waals surface area contributed by atoms with Crippen LogP contribution in [-0.4, -0.2) is 36.1 Å². The molecule has 2 rings (SSSR count). The second kappa shape index (κ2) is 6.03.